The first kappa shape index (κ1) is 13.5. The number of aliphatic hydroxyl groups is 1. The summed E-state index contributed by atoms with van der Waals surface area (Å²) in [5.74, 6) is -0.462. The number of carbonyl (C=O) groups is 2. The van der Waals surface area contributed by atoms with E-state index in [0.29, 0.717) is 12.2 Å². The van der Waals surface area contributed by atoms with E-state index in [-0.39, 0.29) is 42.8 Å². The summed E-state index contributed by atoms with van der Waals surface area (Å²) in [6.07, 6.45) is 0.269. The van der Waals surface area contributed by atoms with Crippen LogP contribution in [0.3, 0.4) is 0 Å². The number of aliphatic hydroxyl groups excluding tert-OH is 1. The molecular weight excluding hydrogens is 250 g/mol. The number of nitrogens with zero attached hydrogens (tertiary/aromatic N) is 2. The summed E-state index contributed by atoms with van der Waals surface area (Å²) in [5, 5.41) is 15.8. The molecule has 0 saturated carbocycles. The number of aryl methyl sites for hydroxylation is 1. The highest BCUT2D eigenvalue weighted by Crippen LogP contribution is 2.28. The van der Waals surface area contributed by atoms with Gasteiger partial charge in [0.1, 0.15) is 5.56 Å². The van der Waals surface area contributed by atoms with E-state index in [1.165, 1.54) is 4.90 Å². The molecule has 7 nitrogen and oxygen atoms in total. The quantitative estimate of drug-likeness (QED) is 0.762. The molecule has 1 unspecified atom stereocenters. The molecule has 1 saturated heterocycles. The molecule has 0 aliphatic carbocycles. The Kier molecular flexibility index (Phi) is 3.84. The van der Waals surface area contributed by atoms with Crippen LogP contribution < -0.4 is 4.90 Å². The van der Waals surface area contributed by atoms with Crippen LogP contribution in [0.15, 0.2) is 0 Å². The van der Waals surface area contributed by atoms with E-state index < -0.39 is 5.97 Å². The third kappa shape index (κ3) is 2.46. The second-order valence-corrected chi connectivity index (χ2v) is 4.52. The second kappa shape index (κ2) is 5.40. The average molecular weight is 267 g/mol. The highest BCUT2D eigenvalue weighted by molar-refractivity contribution is 6.03. The Morgan fingerprint density at radius 3 is 2.95 bits per heavy atom. The van der Waals surface area contributed by atoms with Crippen molar-refractivity contribution in [2.75, 3.05) is 24.7 Å². The van der Waals surface area contributed by atoms with Crippen LogP contribution >= 0.6 is 0 Å². The number of H-pyrrole nitrogens is 1. The topological polar surface area (TPSA) is 95.5 Å². The SMILES string of the molecule is CCOC(=O)c1c(N2CC(CO)CC2=O)n[nH]c1C. The van der Waals surface area contributed by atoms with Crippen molar-refractivity contribution >= 4 is 17.7 Å². The molecule has 1 aromatic rings. The molecule has 1 amide bonds. The third-order valence-corrected chi connectivity index (χ3v) is 3.13. The minimum Gasteiger partial charge on any atom is -0.462 e. The molecular formula is C12H17N3O4. The van der Waals surface area contributed by atoms with Gasteiger partial charge >= 0.3 is 5.97 Å². The van der Waals surface area contributed by atoms with Gasteiger partial charge in [-0.1, -0.05) is 0 Å². The molecule has 2 rings (SSSR count). The molecule has 0 aromatic carbocycles. The minimum atomic E-state index is -0.496. The van der Waals surface area contributed by atoms with Crippen molar-refractivity contribution in [1.29, 1.82) is 0 Å². The Bertz CT molecular complexity index is 497. The molecule has 1 aliphatic rings. The number of nitrogens with one attached hydrogen (secondary N) is 1. The number of anilines is 1. The maximum Gasteiger partial charge on any atom is 0.343 e. The van der Waals surface area contributed by atoms with Crippen molar-refractivity contribution in [1.82, 2.24) is 10.2 Å². The minimum absolute atomic E-state index is 0.0552. The molecule has 0 radical (unpaired) electrons. The van der Waals surface area contributed by atoms with Gasteiger partial charge < -0.3 is 9.84 Å². The Hall–Kier alpha value is -1.89. The first-order valence-electron chi connectivity index (χ1n) is 6.21. The van der Waals surface area contributed by atoms with E-state index in [2.05, 4.69) is 10.2 Å². The number of ether oxygens (including phenoxy) is 1. The zero-order valence-electron chi connectivity index (χ0n) is 11.0. The van der Waals surface area contributed by atoms with Gasteiger partial charge in [0, 0.05) is 31.2 Å². The van der Waals surface area contributed by atoms with Gasteiger partial charge in [0.05, 0.1) is 6.61 Å². The first-order chi connectivity index (χ1) is 9.08. The Balaban J connectivity index is 2.31. The summed E-state index contributed by atoms with van der Waals surface area (Å²) in [6.45, 7) is 3.99. The van der Waals surface area contributed by atoms with Crippen molar-refractivity contribution in [2.24, 2.45) is 5.92 Å². The maximum atomic E-state index is 11.9. The van der Waals surface area contributed by atoms with Gasteiger partial charge in [-0.05, 0) is 13.8 Å². The summed E-state index contributed by atoms with van der Waals surface area (Å²) in [7, 11) is 0. The number of rotatable bonds is 4. The van der Waals surface area contributed by atoms with Crippen molar-refractivity contribution in [3.05, 3.63) is 11.3 Å². The zero-order chi connectivity index (χ0) is 14.0. The van der Waals surface area contributed by atoms with E-state index >= 15 is 0 Å². The van der Waals surface area contributed by atoms with E-state index in [0.717, 1.165) is 0 Å². The highest BCUT2D eigenvalue weighted by atomic mass is 16.5. The van der Waals surface area contributed by atoms with Crippen LogP contribution in [-0.4, -0.2) is 46.9 Å². The molecule has 1 atom stereocenters. The average Bonchev–Trinajstić information content (AvgIpc) is 2.92. The predicted octanol–water partition coefficient (Wildman–Crippen LogP) is 0.240. The van der Waals surface area contributed by atoms with Gasteiger partial charge in [-0.15, -0.1) is 0 Å². The summed E-state index contributed by atoms with van der Waals surface area (Å²) in [6, 6.07) is 0. The normalized spacial score (nSPS) is 19.0. The molecule has 0 bridgehead atoms. The standard InChI is InChI=1S/C12H17N3O4/c1-3-19-12(18)10-7(2)13-14-11(10)15-5-8(6-16)4-9(15)17/h8,16H,3-6H2,1-2H3,(H,13,14). The lowest BCUT2D eigenvalue weighted by Crippen LogP contribution is -2.27. The molecule has 19 heavy (non-hydrogen) atoms. The van der Waals surface area contributed by atoms with Gasteiger partial charge in [0.25, 0.3) is 0 Å². The largest absolute Gasteiger partial charge is 0.462 e. The van der Waals surface area contributed by atoms with Gasteiger partial charge in [-0.2, -0.15) is 5.10 Å². The van der Waals surface area contributed by atoms with Crippen molar-refractivity contribution in [3.63, 3.8) is 0 Å². The Morgan fingerprint density at radius 2 is 2.37 bits per heavy atom. The number of aromatic amines is 1. The number of esters is 1. The Labute approximate surface area is 110 Å². The monoisotopic (exact) mass is 267 g/mol. The van der Waals surface area contributed by atoms with E-state index in [4.69, 9.17) is 9.84 Å². The number of hydrogen-bond acceptors (Lipinski definition) is 5. The zero-order valence-corrected chi connectivity index (χ0v) is 11.0. The molecule has 1 fully saturated rings. The fourth-order valence-corrected chi connectivity index (χ4v) is 2.17. The van der Waals surface area contributed by atoms with Crippen LogP contribution in [0.4, 0.5) is 5.82 Å². The van der Waals surface area contributed by atoms with Crippen LogP contribution in [0, 0.1) is 12.8 Å². The third-order valence-electron chi connectivity index (χ3n) is 3.13. The van der Waals surface area contributed by atoms with Crippen LogP contribution in [-0.2, 0) is 9.53 Å². The van der Waals surface area contributed by atoms with Gasteiger partial charge in [-0.25, -0.2) is 4.79 Å². The van der Waals surface area contributed by atoms with Crippen molar-refractivity contribution in [2.45, 2.75) is 20.3 Å². The number of aromatic nitrogens is 2. The second-order valence-electron chi connectivity index (χ2n) is 4.52. The molecule has 1 aromatic heterocycles. The molecule has 1 aliphatic heterocycles. The molecule has 104 valence electrons. The molecule has 0 spiro atoms. The van der Waals surface area contributed by atoms with Gasteiger partial charge in [0.15, 0.2) is 5.82 Å². The lowest BCUT2D eigenvalue weighted by molar-refractivity contribution is -0.117. The molecule has 2 N–H and O–H groups in total. The fraction of sp³-hybridized carbons (Fsp3) is 0.583. The van der Waals surface area contributed by atoms with Crippen molar-refractivity contribution < 1.29 is 19.4 Å². The van der Waals surface area contributed by atoms with E-state index in [1.807, 2.05) is 0 Å². The van der Waals surface area contributed by atoms with Crippen LogP contribution in [0.2, 0.25) is 0 Å². The number of carbonyl (C=O) groups excluding carboxylic acids is 2. The lowest BCUT2D eigenvalue weighted by Gasteiger charge is -2.14. The van der Waals surface area contributed by atoms with E-state index in [1.54, 1.807) is 13.8 Å². The molecule has 2 heterocycles. The van der Waals surface area contributed by atoms with Gasteiger partial charge in [-0.3, -0.25) is 14.8 Å². The van der Waals surface area contributed by atoms with E-state index in [9.17, 15) is 9.59 Å². The summed E-state index contributed by atoms with van der Waals surface area (Å²) < 4.78 is 4.97. The molecule has 7 heteroatoms. The smallest absolute Gasteiger partial charge is 0.343 e. The summed E-state index contributed by atoms with van der Waals surface area (Å²) >= 11 is 0. The van der Waals surface area contributed by atoms with Crippen LogP contribution in [0.25, 0.3) is 0 Å². The van der Waals surface area contributed by atoms with Crippen LogP contribution in [0.5, 0.6) is 0 Å². The first-order valence-corrected chi connectivity index (χ1v) is 6.21. The summed E-state index contributed by atoms with van der Waals surface area (Å²) in [4.78, 5) is 25.2. The number of hydrogen-bond donors (Lipinski definition) is 2. The Morgan fingerprint density at radius 1 is 1.63 bits per heavy atom. The van der Waals surface area contributed by atoms with Crippen molar-refractivity contribution in [3.8, 4) is 0 Å². The van der Waals surface area contributed by atoms with Crippen LogP contribution in [0.1, 0.15) is 29.4 Å². The summed E-state index contributed by atoms with van der Waals surface area (Å²) in [5.41, 5.74) is 0.850. The highest BCUT2D eigenvalue weighted by Gasteiger charge is 2.35. The fourth-order valence-electron chi connectivity index (χ4n) is 2.17. The number of amides is 1. The lowest BCUT2D eigenvalue weighted by atomic mass is 10.1. The predicted molar refractivity (Wildman–Crippen MR) is 66.8 cm³/mol. The maximum absolute atomic E-state index is 11.9. The van der Waals surface area contributed by atoms with Gasteiger partial charge in [0.2, 0.25) is 5.91 Å².